The topological polar surface area (TPSA) is 143 Å². The molecule has 0 spiro atoms. The molecule has 0 amide bonds. The van der Waals surface area contributed by atoms with Gasteiger partial charge in [-0.25, -0.2) is 0 Å². The van der Waals surface area contributed by atoms with Crippen LogP contribution in [-0.2, 0) is 25.7 Å². The number of nitrogens with zero attached hydrogens (tertiary/aromatic N) is 2. The van der Waals surface area contributed by atoms with Gasteiger partial charge in [0.1, 0.15) is 28.5 Å². The Bertz CT molecular complexity index is 2390. The highest BCUT2D eigenvalue weighted by Crippen LogP contribution is 2.30. The predicted octanol–water partition coefficient (Wildman–Crippen LogP) is 5.63. The van der Waals surface area contributed by atoms with Crippen molar-refractivity contribution in [3.63, 3.8) is 0 Å². The van der Waals surface area contributed by atoms with E-state index in [-0.39, 0.29) is 29.9 Å². The molecule has 2 aromatic heterocycles. The third-order valence-electron chi connectivity index (χ3n) is 10.6. The molecule has 0 saturated carbocycles. The van der Waals surface area contributed by atoms with Gasteiger partial charge in [0, 0.05) is 37.3 Å². The number of rotatable bonds is 21. The summed E-state index contributed by atoms with van der Waals surface area (Å²) in [6, 6.07) is 17.6. The van der Waals surface area contributed by atoms with Crippen LogP contribution in [-0.4, -0.2) is 80.4 Å². The summed E-state index contributed by atoms with van der Waals surface area (Å²) in [6.45, 7) is 4.99. The highest BCUT2D eigenvalue weighted by atomic mass is 32.1. The molecule has 0 aliphatic heterocycles. The third-order valence-corrected chi connectivity index (χ3v) is 12.1. The zero-order valence-electron chi connectivity index (χ0n) is 33.3. The maximum absolute atomic E-state index is 12.7. The van der Waals surface area contributed by atoms with Gasteiger partial charge in [0.25, 0.3) is 21.7 Å². The number of aromatic hydroxyl groups is 1. The Labute approximate surface area is 341 Å². The minimum Gasteiger partial charge on any atom is -0.508 e. The van der Waals surface area contributed by atoms with Gasteiger partial charge in [-0.15, -0.1) is 0 Å². The van der Waals surface area contributed by atoms with Crippen molar-refractivity contribution in [3.05, 3.63) is 139 Å². The molecule has 6 aromatic rings. The fourth-order valence-electron chi connectivity index (χ4n) is 7.17. The van der Waals surface area contributed by atoms with Crippen LogP contribution in [0.1, 0.15) is 36.1 Å². The van der Waals surface area contributed by atoms with Crippen LogP contribution in [0, 0.1) is 0 Å². The van der Waals surface area contributed by atoms with Crippen molar-refractivity contribution < 1.29 is 5.11 Å². The molecule has 11 nitrogen and oxygen atoms in total. The van der Waals surface area contributed by atoms with Crippen LogP contribution in [0.15, 0.2) is 95.3 Å². The average molecular weight is 809 g/mol. The van der Waals surface area contributed by atoms with Crippen LogP contribution in [0.4, 0.5) is 22.7 Å². The molecule has 4 atom stereocenters. The summed E-state index contributed by atoms with van der Waals surface area (Å²) in [5, 5.41) is 31.2. The Morgan fingerprint density at radius 3 is 1.72 bits per heavy atom. The fraction of sp³-hybridized carbons (Fsp3) is 0.364. The lowest BCUT2D eigenvalue weighted by atomic mass is 9.96. The van der Waals surface area contributed by atoms with Crippen molar-refractivity contribution in [2.45, 2.75) is 63.7 Å². The molecule has 0 fully saturated rings. The monoisotopic (exact) mass is 808 g/mol. The molecule has 4 unspecified atom stereocenters. The summed E-state index contributed by atoms with van der Waals surface area (Å²) in [7, 11) is 7.99. The number of hydrogen-bond donors (Lipinski definition) is 5. The Morgan fingerprint density at radius 2 is 1.16 bits per heavy atom. The maximum Gasteiger partial charge on any atom is 0.253 e. The summed E-state index contributed by atoms with van der Waals surface area (Å²) in [5.41, 5.74) is 6.18. The minimum atomic E-state index is -0.507. The smallest absolute Gasteiger partial charge is 0.253 e. The molecule has 6 rings (SSSR count). The first-order valence-electron chi connectivity index (χ1n) is 19.2. The highest BCUT2D eigenvalue weighted by Gasteiger charge is 2.26. The second kappa shape index (κ2) is 18.5. The SMILES string of the molecule is CC(Cc1ccsc1)Nc1c(NCC(Cc2cccc(-c3cscc3CC(C)Nc3c(NCC(Cc4ccc(O)cc4)N(C)C)c(=O)c3=O)c2)N(C)C)c(=O)c1=O. The van der Waals surface area contributed by atoms with E-state index in [1.54, 1.807) is 34.8 Å². The van der Waals surface area contributed by atoms with Crippen molar-refractivity contribution in [3.8, 4) is 16.9 Å². The van der Waals surface area contributed by atoms with E-state index in [4.69, 9.17) is 0 Å². The van der Waals surface area contributed by atoms with E-state index in [0.717, 1.165) is 40.7 Å². The molecule has 13 heteroatoms. The lowest BCUT2D eigenvalue weighted by molar-refractivity contribution is 0.303. The van der Waals surface area contributed by atoms with E-state index < -0.39 is 21.7 Å². The van der Waals surface area contributed by atoms with Gasteiger partial charge in [-0.05, 0) is 141 Å². The van der Waals surface area contributed by atoms with Gasteiger partial charge in [0.15, 0.2) is 0 Å². The third kappa shape index (κ3) is 10.1. The van der Waals surface area contributed by atoms with Crippen molar-refractivity contribution >= 4 is 45.4 Å². The van der Waals surface area contributed by atoms with Crippen LogP contribution < -0.4 is 43.0 Å². The Hall–Kier alpha value is -5.08. The summed E-state index contributed by atoms with van der Waals surface area (Å²) < 4.78 is 0. The normalized spacial score (nSPS) is 13.9. The number of benzene rings is 2. The molecule has 0 aliphatic rings. The van der Waals surface area contributed by atoms with Gasteiger partial charge in [-0.2, -0.15) is 22.7 Å². The largest absolute Gasteiger partial charge is 0.508 e. The van der Waals surface area contributed by atoms with Gasteiger partial charge in [0.05, 0.1) is 0 Å². The van der Waals surface area contributed by atoms with Crippen LogP contribution in [0.3, 0.4) is 0 Å². The Kier molecular flexibility index (Phi) is 13.5. The van der Waals surface area contributed by atoms with Gasteiger partial charge in [0.2, 0.25) is 0 Å². The van der Waals surface area contributed by atoms with Gasteiger partial charge in [-0.3, -0.25) is 19.2 Å². The molecule has 0 bridgehead atoms. The molecule has 0 aliphatic carbocycles. The minimum absolute atomic E-state index is 0.00301. The number of thiophene rings is 2. The van der Waals surface area contributed by atoms with Gasteiger partial charge < -0.3 is 36.2 Å². The molecule has 5 N–H and O–H groups in total. The molecule has 2 heterocycles. The zero-order chi connectivity index (χ0) is 40.8. The molecule has 300 valence electrons. The highest BCUT2D eigenvalue weighted by molar-refractivity contribution is 7.08. The Balaban J connectivity index is 1.06. The number of phenols is 1. The lowest BCUT2D eigenvalue weighted by Gasteiger charge is -2.27. The molecular formula is C44H52N6O5S2. The summed E-state index contributed by atoms with van der Waals surface area (Å²) in [5.74, 6) is 0.216. The first-order chi connectivity index (χ1) is 27.3. The van der Waals surface area contributed by atoms with Crippen LogP contribution >= 0.6 is 22.7 Å². The van der Waals surface area contributed by atoms with E-state index in [9.17, 15) is 24.3 Å². The first kappa shape index (κ1) is 41.6. The van der Waals surface area contributed by atoms with E-state index in [0.29, 0.717) is 48.7 Å². The van der Waals surface area contributed by atoms with Gasteiger partial charge in [-0.1, -0.05) is 36.4 Å². The average Bonchev–Trinajstić information content (AvgIpc) is 3.89. The van der Waals surface area contributed by atoms with Gasteiger partial charge >= 0.3 is 0 Å². The van der Waals surface area contributed by atoms with E-state index >= 15 is 0 Å². The van der Waals surface area contributed by atoms with Crippen molar-refractivity contribution in [1.29, 1.82) is 0 Å². The van der Waals surface area contributed by atoms with Crippen molar-refractivity contribution in [1.82, 2.24) is 9.80 Å². The van der Waals surface area contributed by atoms with E-state index in [1.807, 2.05) is 59.6 Å². The standard InChI is InChI=1S/C44H52N6O5S2/c1-26(16-30-14-15-56-23-30)47-39-37(41(52)43(39)54)46-22-34(50(5)6)20-29-8-7-9-31(18-29)36-25-57-24-32(36)17-27(2)48-40-38(42(53)44(40)55)45-21-33(49(3)4)19-28-10-12-35(51)13-11-28/h7-15,18,23-27,33-34,45-48,51H,16-17,19-22H2,1-6H3. The van der Waals surface area contributed by atoms with Crippen LogP contribution in [0.5, 0.6) is 5.75 Å². The molecular weight excluding hydrogens is 757 g/mol. The number of likely N-dealkylation sites (N-methyl/N-ethyl adjacent to an activating group) is 2. The predicted molar refractivity (Wildman–Crippen MR) is 238 cm³/mol. The number of hydrogen-bond acceptors (Lipinski definition) is 13. The van der Waals surface area contributed by atoms with Crippen LogP contribution in [0.2, 0.25) is 0 Å². The maximum atomic E-state index is 12.7. The zero-order valence-corrected chi connectivity index (χ0v) is 35.0. The summed E-state index contributed by atoms with van der Waals surface area (Å²) >= 11 is 3.27. The number of nitrogens with one attached hydrogen (secondary N) is 4. The number of anilines is 4. The first-order valence-corrected chi connectivity index (χ1v) is 21.1. The lowest BCUT2D eigenvalue weighted by Crippen LogP contribution is -2.43. The number of phenolic OH excluding ortho intramolecular Hbond substituents is 1. The van der Waals surface area contributed by atoms with Crippen molar-refractivity contribution in [2.75, 3.05) is 62.5 Å². The van der Waals surface area contributed by atoms with Crippen molar-refractivity contribution in [2.24, 2.45) is 0 Å². The molecule has 0 radical (unpaired) electrons. The Morgan fingerprint density at radius 1 is 0.596 bits per heavy atom. The fourth-order valence-corrected chi connectivity index (χ4v) is 8.73. The molecule has 57 heavy (non-hydrogen) atoms. The van der Waals surface area contributed by atoms with Crippen LogP contribution in [0.25, 0.3) is 11.1 Å². The molecule has 0 saturated heterocycles. The summed E-state index contributed by atoms with van der Waals surface area (Å²) in [4.78, 5) is 54.7. The second-order valence-electron chi connectivity index (χ2n) is 15.5. The quantitative estimate of drug-likeness (QED) is 0.0578. The summed E-state index contributed by atoms with van der Waals surface area (Å²) in [6.07, 6.45) is 2.84. The van der Waals surface area contributed by atoms with E-state index in [2.05, 4.69) is 77.5 Å². The molecule has 4 aromatic carbocycles. The van der Waals surface area contributed by atoms with E-state index in [1.165, 1.54) is 5.56 Å². The second-order valence-corrected chi connectivity index (χ2v) is 17.1.